The summed E-state index contributed by atoms with van der Waals surface area (Å²) in [6.07, 6.45) is 1.39. The molecule has 0 atom stereocenters. The Labute approximate surface area is 138 Å². The predicted octanol–water partition coefficient (Wildman–Crippen LogP) is 1.17. The van der Waals surface area contributed by atoms with Crippen molar-refractivity contribution in [2.75, 3.05) is 43.9 Å². The molecule has 1 aliphatic heterocycles. The summed E-state index contributed by atoms with van der Waals surface area (Å²) in [5, 5.41) is 0. The van der Waals surface area contributed by atoms with Crippen molar-refractivity contribution < 1.29 is 13.9 Å². The van der Waals surface area contributed by atoms with E-state index in [1.807, 2.05) is 4.90 Å². The Hall–Kier alpha value is -2.90. The van der Waals surface area contributed by atoms with Crippen molar-refractivity contribution in [3.8, 4) is 5.75 Å². The van der Waals surface area contributed by atoms with Gasteiger partial charge in [0, 0.05) is 31.7 Å². The van der Waals surface area contributed by atoms with Crippen LogP contribution in [0.5, 0.6) is 5.75 Å². The minimum absolute atomic E-state index is 0.177. The molecule has 0 aliphatic carbocycles. The van der Waals surface area contributed by atoms with E-state index in [9.17, 15) is 9.18 Å². The van der Waals surface area contributed by atoms with Crippen LogP contribution in [0.15, 0.2) is 30.6 Å². The van der Waals surface area contributed by atoms with Crippen molar-refractivity contribution in [3.63, 3.8) is 0 Å². The number of piperazine rings is 1. The van der Waals surface area contributed by atoms with Gasteiger partial charge in [-0.3, -0.25) is 4.79 Å². The fraction of sp³-hybridized carbons (Fsp3) is 0.312. The summed E-state index contributed by atoms with van der Waals surface area (Å²) in [6, 6.07) is 5.72. The second kappa shape index (κ2) is 6.69. The summed E-state index contributed by atoms with van der Waals surface area (Å²) < 4.78 is 18.6. The fourth-order valence-corrected chi connectivity index (χ4v) is 2.72. The number of hydrogen-bond acceptors (Lipinski definition) is 6. The Kier molecular flexibility index (Phi) is 4.45. The number of amides is 1. The largest absolute Gasteiger partial charge is 0.490 e. The number of anilines is 2. The number of hydrogen-bond donors (Lipinski definition) is 1. The van der Waals surface area contributed by atoms with Crippen LogP contribution in [0.25, 0.3) is 0 Å². The average Bonchev–Trinajstić information content (AvgIpc) is 2.61. The van der Waals surface area contributed by atoms with Crippen molar-refractivity contribution in [2.45, 2.75) is 0 Å². The number of ether oxygens (including phenoxy) is 1. The third-order valence-electron chi connectivity index (χ3n) is 3.95. The molecule has 2 N–H and O–H groups in total. The second-order valence-electron chi connectivity index (χ2n) is 5.41. The van der Waals surface area contributed by atoms with Crippen LogP contribution in [-0.4, -0.2) is 54.1 Å². The van der Waals surface area contributed by atoms with Crippen LogP contribution >= 0.6 is 0 Å². The van der Waals surface area contributed by atoms with Crippen LogP contribution in [-0.2, 0) is 0 Å². The van der Waals surface area contributed by atoms with Crippen LogP contribution in [0.1, 0.15) is 10.4 Å². The molecule has 0 saturated carbocycles. The summed E-state index contributed by atoms with van der Waals surface area (Å²) in [6.45, 7) is 2.16. The van der Waals surface area contributed by atoms with Gasteiger partial charge in [-0.15, -0.1) is 0 Å². The molecule has 1 aromatic carbocycles. The fourth-order valence-electron chi connectivity index (χ4n) is 2.72. The monoisotopic (exact) mass is 331 g/mol. The smallest absolute Gasteiger partial charge is 0.254 e. The summed E-state index contributed by atoms with van der Waals surface area (Å²) in [5.74, 6) is 0.732. The number of halogens is 1. The predicted molar refractivity (Wildman–Crippen MR) is 87.5 cm³/mol. The number of benzene rings is 1. The Bertz CT molecular complexity index is 747. The van der Waals surface area contributed by atoms with Gasteiger partial charge < -0.3 is 20.3 Å². The van der Waals surface area contributed by atoms with Gasteiger partial charge in [0.15, 0.2) is 11.6 Å². The van der Waals surface area contributed by atoms with Crippen LogP contribution < -0.4 is 15.4 Å². The highest BCUT2D eigenvalue weighted by Gasteiger charge is 2.25. The van der Waals surface area contributed by atoms with E-state index in [0.717, 1.165) is 0 Å². The molecule has 7 nitrogen and oxygen atoms in total. The van der Waals surface area contributed by atoms with Gasteiger partial charge in [0.05, 0.1) is 7.11 Å². The SMILES string of the molecule is COc1c(N)ncnc1N1CCN(C(=O)c2cccc(F)c2)CC1. The molecule has 0 bridgehead atoms. The number of nitrogen functional groups attached to an aromatic ring is 1. The highest BCUT2D eigenvalue weighted by atomic mass is 19.1. The normalized spacial score (nSPS) is 14.6. The first-order chi connectivity index (χ1) is 11.6. The zero-order valence-electron chi connectivity index (χ0n) is 13.3. The number of carbonyl (C=O) groups excluding carboxylic acids is 1. The van der Waals surface area contributed by atoms with Crippen molar-refractivity contribution >= 4 is 17.5 Å². The molecule has 1 fully saturated rings. The van der Waals surface area contributed by atoms with Gasteiger partial charge in [-0.05, 0) is 18.2 Å². The number of carbonyl (C=O) groups is 1. The highest BCUT2D eigenvalue weighted by Crippen LogP contribution is 2.30. The molecule has 1 amide bonds. The third kappa shape index (κ3) is 3.08. The first-order valence-electron chi connectivity index (χ1n) is 7.54. The Balaban J connectivity index is 1.70. The molecule has 3 rings (SSSR count). The lowest BCUT2D eigenvalue weighted by Crippen LogP contribution is -2.49. The quantitative estimate of drug-likeness (QED) is 0.909. The van der Waals surface area contributed by atoms with Crippen molar-refractivity contribution in [3.05, 3.63) is 42.0 Å². The molecule has 2 aromatic rings. The highest BCUT2D eigenvalue weighted by molar-refractivity contribution is 5.94. The van der Waals surface area contributed by atoms with Gasteiger partial charge in [0.25, 0.3) is 5.91 Å². The van der Waals surface area contributed by atoms with Crippen LogP contribution in [0.4, 0.5) is 16.0 Å². The van der Waals surface area contributed by atoms with E-state index in [4.69, 9.17) is 10.5 Å². The van der Waals surface area contributed by atoms with E-state index in [2.05, 4.69) is 9.97 Å². The zero-order valence-corrected chi connectivity index (χ0v) is 13.3. The zero-order chi connectivity index (χ0) is 17.1. The summed E-state index contributed by atoms with van der Waals surface area (Å²) in [4.78, 5) is 24.3. The summed E-state index contributed by atoms with van der Waals surface area (Å²) in [5.41, 5.74) is 6.16. The maximum atomic E-state index is 13.3. The molecular formula is C16H18FN5O2. The average molecular weight is 331 g/mol. The van der Waals surface area contributed by atoms with Crippen molar-refractivity contribution in [2.24, 2.45) is 0 Å². The van der Waals surface area contributed by atoms with Gasteiger partial charge in [0.2, 0.25) is 5.75 Å². The van der Waals surface area contributed by atoms with Crippen LogP contribution in [0.2, 0.25) is 0 Å². The van der Waals surface area contributed by atoms with Gasteiger partial charge in [-0.2, -0.15) is 0 Å². The number of rotatable bonds is 3. The van der Waals surface area contributed by atoms with Crippen molar-refractivity contribution in [1.29, 1.82) is 0 Å². The Morgan fingerprint density at radius 2 is 2.00 bits per heavy atom. The third-order valence-corrected chi connectivity index (χ3v) is 3.95. The molecule has 2 heterocycles. The number of nitrogens with two attached hydrogens (primary N) is 1. The standard InChI is InChI=1S/C16H18FN5O2/c1-24-13-14(18)19-10-20-15(13)21-5-7-22(8-6-21)16(23)11-3-2-4-12(17)9-11/h2-4,9-10H,5-8H2,1H3,(H2,18,19,20). The van der Waals surface area contributed by atoms with E-state index < -0.39 is 5.82 Å². The maximum Gasteiger partial charge on any atom is 0.254 e. The van der Waals surface area contributed by atoms with E-state index in [-0.39, 0.29) is 11.7 Å². The second-order valence-corrected chi connectivity index (χ2v) is 5.41. The number of methoxy groups -OCH3 is 1. The van der Waals surface area contributed by atoms with Gasteiger partial charge in [-0.1, -0.05) is 6.07 Å². The molecule has 126 valence electrons. The first kappa shape index (κ1) is 16.0. The minimum atomic E-state index is -0.416. The molecule has 8 heteroatoms. The summed E-state index contributed by atoms with van der Waals surface area (Å²) in [7, 11) is 1.52. The molecule has 1 aliphatic rings. The van der Waals surface area contributed by atoms with Crippen molar-refractivity contribution in [1.82, 2.24) is 14.9 Å². The van der Waals surface area contributed by atoms with E-state index in [0.29, 0.717) is 43.3 Å². The lowest BCUT2D eigenvalue weighted by atomic mass is 10.1. The van der Waals surface area contributed by atoms with Crippen LogP contribution in [0.3, 0.4) is 0 Å². The number of aromatic nitrogens is 2. The van der Waals surface area contributed by atoms with Gasteiger partial charge in [0.1, 0.15) is 12.1 Å². The molecule has 24 heavy (non-hydrogen) atoms. The molecule has 0 unspecified atom stereocenters. The lowest BCUT2D eigenvalue weighted by molar-refractivity contribution is 0.0746. The minimum Gasteiger partial charge on any atom is -0.490 e. The maximum absolute atomic E-state index is 13.3. The molecule has 0 spiro atoms. The summed E-state index contributed by atoms with van der Waals surface area (Å²) >= 11 is 0. The van der Waals surface area contributed by atoms with Crippen LogP contribution in [0, 0.1) is 5.82 Å². The topological polar surface area (TPSA) is 84.6 Å². The lowest BCUT2D eigenvalue weighted by Gasteiger charge is -2.35. The molecule has 0 radical (unpaired) electrons. The number of nitrogens with zero attached hydrogens (tertiary/aromatic N) is 4. The van der Waals surface area contributed by atoms with E-state index >= 15 is 0 Å². The Morgan fingerprint density at radius 1 is 1.25 bits per heavy atom. The van der Waals surface area contributed by atoms with Gasteiger partial charge in [-0.25, -0.2) is 14.4 Å². The molecular weight excluding hydrogens is 313 g/mol. The van der Waals surface area contributed by atoms with E-state index in [1.165, 1.54) is 31.6 Å². The molecule has 1 saturated heterocycles. The molecule has 1 aromatic heterocycles. The first-order valence-corrected chi connectivity index (χ1v) is 7.54. The van der Waals surface area contributed by atoms with Gasteiger partial charge >= 0.3 is 0 Å². The Morgan fingerprint density at radius 3 is 2.67 bits per heavy atom. The van der Waals surface area contributed by atoms with E-state index in [1.54, 1.807) is 11.0 Å².